The summed E-state index contributed by atoms with van der Waals surface area (Å²) >= 11 is 7.54. The Kier molecular flexibility index (Phi) is 7.38. The summed E-state index contributed by atoms with van der Waals surface area (Å²) in [6.45, 7) is 7.37. The summed E-state index contributed by atoms with van der Waals surface area (Å²) in [6.07, 6.45) is 5.02. The highest BCUT2D eigenvalue weighted by Crippen LogP contribution is 2.30. The molecule has 31 heavy (non-hydrogen) atoms. The van der Waals surface area contributed by atoms with Crippen molar-refractivity contribution < 1.29 is 9.18 Å². The molecule has 0 radical (unpaired) electrons. The summed E-state index contributed by atoms with van der Waals surface area (Å²) in [7, 11) is 1.77. The van der Waals surface area contributed by atoms with Crippen molar-refractivity contribution in [3.63, 3.8) is 0 Å². The number of hydrogen-bond acceptors (Lipinski definition) is 4. The maximum absolute atomic E-state index is 14.2. The van der Waals surface area contributed by atoms with Crippen LogP contribution in [0.25, 0.3) is 0 Å². The second-order valence-electron chi connectivity index (χ2n) is 8.58. The van der Waals surface area contributed by atoms with E-state index in [1.54, 1.807) is 42.7 Å². The molecule has 0 aliphatic rings. The molecule has 0 aliphatic heterocycles. The average Bonchev–Trinajstić information content (AvgIpc) is 3.08. The molecule has 3 rings (SSSR count). The first kappa shape index (κ1) is 23.3. The molecule has 164 valence electrons. The molecule has 0 N–H and O–H groups in total. The van der Waals surface area contributed by atoms with Crippen molar-refractivity contribution in [2.45, 2.75) is 44.8 Å². The van der Waals surface area contributed by atoms with Crippen LogP contribution in [0.1, 0.15) is 42.4 Å². The summed E-state index contributed by atoms with van der Waals surface area (Å²) in [5, 5.41) is 1.05. The fourth-order valence-corrected chi connectivity index (χ4v) is 4.43. The quantitative estimate of drug-likeness (QED) is 0.425. The zero-order valence-corrected chi connectivity index (χ0v) is 19.7. The van der Waals surface area contributed by atoms with Gasteiger partial charge in [-0.05, 0) is 35.2 Å². The van der Waals surface area contributed by atoms with Gasteiger partial charge in [-0.15, -0.1) is 0 Å². The third-order valence-electron chi connectivity index (χ3n) is 4.59. The molecular weight excluding hydrogens is 435 g/mol. The van der Waals surface area contributed by atoms with E-state index >= 15 is 0 Å². The maximum atomic E-state index is 14.2. The molecule has 1 amide bonds. The van der Waals surface area contributed by atoms with Crippen molar-refractivity contribution >= 4 is 29.3 Å². The molecule has 0 unspecified atom stereocenters. The van der Waals surface area contributed by atoms with Gasteiger partial charge in [0, 0.05) is 48.9 Å². The Labute approximate surface area is 191 Å². The SMILES string of the molecule is CN(Cc1ccncc1)C(=O)c1cnc(SCc2c(F)cccc2Cl)n1CC(C)(C)C. The number of benzene rings is 1. The van der Waals surface area contributed by atoms with Crippen molar-refractivity contribution in [3.8, 4) is 0 Å². The fourth-order valence-electron chi connectivity index (χ4n) is 3.11. The highest BCUT2D eigenvalue weighted by molar-refractivity contribution is 7.98. The Balaban J connectivity index is 1.85. The van der Waals surface area contributed by atoms with E-state index in [-0.39, 0.29) is 17.1 Å². The van der Waals surface area contributed by atoms with Crippen LogP contribution in [0, 0.1) is 11.2 Å². The van der Waals surface area contributed by atoms with Crippen LogP contribution in [-0.4, -0.2) is 32.4 Å². The van der Waals surface area contributed by atoms with Gasteiger partial charge >= 0.3 is 0 Å². The standard InChI is InChI=1S/C23H26ClFN4OS/c1-23(2,3)15-29-20(21(30)28(4)13-16-8-10-26-11-9-16)12-27-22(29)31-14-17-18(24)6-5-7-19(17)25/h5-12H,13-15H2,1-4H3. The number of pyridine rings is 1. The molecule has 2 aromatic heterocycles. The zero-order valence-electron chi connectivity index (χ0n) is 18.1. The lowest BCUT2D eigenvalue weighted by Crippen LogP contribution is -2.30. The smallest absolute Gasteiger partial charge is 0.272 e. The van der Waals surface area contributed by atoms with Gasteiger partial charge in [-0.25, -0.2) is 9.37 Å². The number of rotatable bonds is 7. The summed E-state index contributed by atoms with van der Waals surface area (Å²) < 4.78 is 16.1. The molecule has 0 saturated carbocycles. The first-order chi connectivity index (χ1) is 14.7. The van der Waals surface area contributed by atoms with Crippen molar-refractivity contribution in [3.05, 3.63) is 76.6 Å². The predicted octanol–water partition coefficient (Wildman–Crippen LogP) is 5.68. The number of carbonyl (C=O) groups excluding carboxylic acids is 1. The summed E-state index contributed by atoms with van der Waals surface area (Å²) in [6, 6.07) is 8.42. The van der Waals surface area contributed by atoms with Crippen molar-refractivity contribution in [1.82, 2.24) is 19.4 Å². The van der Waals surface area contributed by atoms with Crippen molar-refractivity contribution in [2.24, 2.45) is 5.41 Å². The average molecular weight is 461 g/mol. The molecule has 2 heterocycles. The second kappa shape index (κ2) is 9.83. The van der Waals surface area contributed by atoms with Crippen LogP contribution in [0.3, 0.4) is 0 Å². The van der Waals surface area contributed by atoms with Gasteiger partial charge in [-0.2, -0.15) is 0 Å². The molecule has 1 aromatic carbocycles. The highest BCUT2D eigenvalue weighted by atomic mass is 35.5. The lowest BCUT2D eigenvalue weighted by atomic mass is 9.97. The molecule has 0 bridgehead atoms. The van der Waals surface area contributed by atoms with Gasteiger partial charge < -0.3 is 9.47 Å². The Morgan fingerprint density at radius 2 is 1.94 bits per heavy atom. The van der Waals surface area contributed by atoms with Crippen LogP contribution >= 0.6 is 23.4 Å². The minimum Gasteiger partial charge on any atom is -0.336 e. The lowest BCUT2D eigenvalue weighted by Gasteiger charge is -2.24. The van der Waals surface area contributed by atoms with E-state index in [0.29, 0.717) is 40.3 Å². The van der Waals surface area contributed by atoms with Crippen LogP contribution in [0.2, 0.25) is 5.02 Å². The van der Waals surface area contributed by atoms with E-state index in [4.69, 9.17) is 11.6 Å². The second-order valence-corrected chi connectivity index (χ2v) is 9.93. The predicted molar refractivity (Wildman–Crippen MR) is 123 cm³/mol. The van der Waals surface area contributed by atoms with Crippen LogP contribution < -0.4 is 0 Å². The zero-order chi connectivity index (χ0) is 22.6. The first-order valence-corrected chi connectivity index (χ1v) is 11.3. The largest absolute Gasteiger partial charge is 0.336 e. The number of thioether (sulfide) groups is 1. The number of aromatic nitrogens is 3. The van der Waals surface area contributed by atoms with E-state index in [9.17, 15) is 9.18 Å². The lowest BCUT2D eigenvalue weighted by molar-refractivity contribution is 0.0770. The molecule has 0 saturated heterocycles. The normalized spacial score (nSPS) is 11.5. The summed E-state index contributed by atoms with van der Waals surface area (Å²) in [5.41, 5.74) is 1.86. The summed E-state index contributed by atoms with van der Waals surface area (Å²) in [4.78, 5) is 23.4. The molecule has 0 fully saturated rings. The molecule has 0 atom stereocenters. The van der Waals surface area contributed by atoms with Crippen LogP contribution in [0.5, 0.6) is 0 Å². The Bertz CT molecular complexity index is 1030. The Morgan fingerprint density at radius 3 is 2.58 bits per heavy atom. The van der Waals surface area contributed by atoms with Crippen molar-refractivity contribution in [1.29, 1.82) is 0 Å². The van der Waals surface area contributed by atoms with Crippen molar-refractivity contribution in [2.75, 3.05) is 7.05 Å². The minimum absolute atomic E-state index is 0.0790. The minimum atomic E-state index is -0.345. The number of nitrogens with zero attached hydrogens (tertiary/aromatic N) is 4. The van der Waals surface area contributed by atoms with E-state index in [0.717, 1.165) is 5.56 Å². The number of amides is 1. The van der Waals surface area contributed by atoms with Gasteiger partial charge in [0.15, 0.2) is 5.16 Å². The molecule has 0 spiro atoms. The Morgan fingerprint density at radius 1 is 1.23 bits per heavy atom. The van der Waals surface area contributed by atoms with Crippen LogP contribution in [0.4, 0.5) is 4.39 Å². The molecule has 0 aliphatic carbocycles. The van der Waals surface area contributed by atoms with E-state index in [1.807, 2.05) is 16.7 Å². The number of carbonyl (C=O) groups is 1. The topological polar surface area (TPSA) is 51.0 Å². The highest BCUT2D eigenvalue weighted by Gasteiger charge is 2.24. The van der Waals surface area contributed by atoms with Gasteiger partial charge in [0.2, 0.25) is 0 Å². The van der Waals surface area contributed by atoms with E-state index < -0.39 is 0 Å². The van der Waals surface area contributed by atoms with E-state index in [1.165, 1.54) is 17.8 Å². The number of hydrogen-bond donors (Lipinski definition) is 0. The van der Waals surface area contributed by atoms with Crippen LogP contribution in [0.15, 0.2) is 54.1 Å². The molecule has 5 nitrogen and oxygen atoms in total. The number of imidazole rings is 1. The molecular formula is C23H26ClFN4OS. The van der Waals surface area contributed by atoms with Gasteiger partial charge in [0.1, 0.15) is 11.5 Å². The molecule has 3 aromatic rings. The fraction of sp³-hybridized carbons (Fsp3) is 0.348. The molecule has 8 heteroatoms. The monoisotopic (exact) mass is 460 g/mol. The first-order valence-electron chi connectivity index (χ1n) is 9.91. The maximum Gasteiger partial charge on any atom is 0.272 e. The number of halogens is 2. The van der Waals surface area contributed by atoms with E-state index in [2.05, 4.69) is 30.7 Å². The van der Waals surface area contributed by atoms with Gasteiger partial charge in [-0.3, -0.25) is 9.78 Å². The van der Waals surface area contributed by atoms with Gasteiger partial charge in [-0.1, -0.05) is 50.2 Å². The third kappa shape index (κ3) is 6.08. The van der Waals surface area contributed by atoms with Gasteiger partial charge in [0.25, 0.3) is 5.91 Å². The summed E-state index contributed by atoms with van der Waals surface area (Å²) in [5.74, 6) is -0.140. The van der Waals surface area contributed by atoms with Crippen LogP contribution in [-0.2, 0) is 18.8 Å². The Hall–Kier alpha value is -2.38. The third-order valence-corrected chi connectivity index (χ3v) is 5.96. The van der Waals surface area contributed by atoms with Gasteiger partial charge in [0.05, 0.1) is 6.20 Å².